The maximum atomic E-state index is 9.09. The third kappa shape index (κ3) is 4.69. The van der Waals surface area contributed by atoms with Crippen LogP contribution in [-0.4, -0.2) is 11.7 Å². The molecule has 0 saturated heterocycles. The molecular weight excluding hydrogens is 258 g/mol. The summed E-state index contributed by atoms with van der Waals surface area (Å²) in [6, 6.07) is 17.4. The molecule has 0 spiro atoms. The van der Waals surface area contributed by atoms with Gasteiger partial charge in [-0.15, -0.1) is 0 Å². The first kappa shape index (κ1) is 15.7. The van der Waals surface area contributed by atoms with Crippen LogP contribution in [0, 0.1) is 13.8 Å². The van der Waals surface area contributed by atoms with Crippen molar-refractivity contribution in [1.82, 2.24) is 5.32 Å². The van der Waals surface area contributed by atoms with Crippen molar-refractivity contribution in [3.8, 4) is 0 Å². The lowest BCUT2D eigenvalue weighted by Crippen LogP contribution is -2.21. The summed E-state index contributed by atoms with van der Waals surface area (Å²) < 4.78 is 0. The highest BCUT2D eigenvalue weighted by Gasteiger charge is 2.10. The first-order valence-electron chi connectivity index (χ1n) is 7.66. The van der Waals surface area contributed by atoms with Gasteiger partial charge in [0.25, 0.3) is 0 Å². The molecule has 1 unspecified atom stereocenters. The van der Waals surface area contributed by atoms with Gasteiger partial charge in [-0.2, -0.15) is 0 Å². The highest BCUT2D eigenvalue weighted by Crippen LogP contribution is 2.19. The molecular formula is C19H25NO. The Labute approximate surface area is 127 Å². The first-order chi connectivity index (χ1) is 10.2. The second kappa shape index (κ2) is 7.96. The van der Waals surface area contributed by atoms with Gasteiger partial charge in [-0.1, -0.05) is 48.5 Å². The average Bonchev–Trinajstić information content (AvgIpc) is 2.51. The molecule has 0 aliphatic carbocycles. The summed E-state index contributed by atoms with van der Waals surface area (Å²) >= 11 is 0. The lowest BCUT2D eigenvalue weighted by Gasteiger charge is -2.19. The Balaban J connectivity index is 2.03. The van der Waals surface area contributed by atoms with Gasteiger partial charge in [0.15, 0.2) is 0 Å². The largest absolute Gasteiger partial charge is 0.396 e. The molecule has 0 aromatic heterocycles. The zero-order valence-corrected chi connectivity index (χ0v) is 13.0. The summed E-state index contributed by atoms with van der Waals surface area (Å²) in [6.45, 7) is 5.39. The van der Waals surface area contributed by atoms with Gasteiger partial charge in [-0.05, 0) is 48.9 Å². The van der Waals surface area contributed by atoms with Crippen molar-refractivity contribution in [3.63, 3.8) is 0 Å². The van der Waals surface area contributed by atoms with E-state index in [0.717, 1.165) is 19.4 Å². The number of hydrogen-bond donors (Lipinski definition) is 2. The quantitative estimate of drug-likeness (QED) is 0.807. The Morgan fingerprint density at radius 2 is 1.76 bits per heavy atom. The van der Waals surface area contributed by atoms with Crippen molar-refractivity contribution in [2.45, 2.75) is 39.3 Å². The fourth-order valence-corrected chi connectivity index (χ4v) is 2.52. The Morgan fingerprint density at radius 3 is 2.43 bits per heavy atom. The van der Waals surface area contributed by atoms with Crippen LogP contribution < -0.4 is 5.32 Å². The number of aliphatic hydroxyl groups excluding tert-OH is 1. The lowest BCUT2D eigenvalue weighted by atomic mass is 10.0. The standard InChI is InChI=1S/C19H25NO/c1-15-10-11-17(13-16(15)2)14-20-19(9-6-12-21)18-7-4-3-5-8-18/h3-5,7-8,10-11,13,19-21H,6,9,12,14H2,1-2H3. The molecule has 1 atom stereocenters. The molecule has 0 fully saturated rings. The van der Waals surface area contributed by atoms with E-state index in [-0.39, 0.29) is 6.61 Å². The minimum Gasteiger partial charge on any atom is -0.396 e. The Kier molecular flexibility index (Phi) is 5.97. The van der Waals surface area contributed by atoms with Crippen molar-refractivity contribution in [2.75, 3.05) is 6.61 Å². The molecule has 21 heavy (non-hydrogen) atoms. The lowest BCUT2D eigenvalue weighted by molar-refractivity contribution is 0.275. The third-order valence-corrected chi connectivity index (χ3v) is 3.98. The van der Waals surface area contributed by atoms with Crippen molar-refractivity contribution in [1.29, 1.82) is 0 Å². The van der Waals surface area contributed by atoms with Crippen molar-refractivity contribution >= 4 is 0 Å². The molecule has 0 aliphatic heterocycles. The summed E-state index contributed by atoms with van der Waals surface area (Å²) in [5.41, 5.74) is 5.26. The highest BCUT2D eigenvalue weighted by molar-refractivity contribution is 5.30. The van der Waals surface area contributed by atoms with Gasteiger partial charge in [0.05, 0.1) is 0 Å². The van der Waals surface area contributed by atoms with E-state index in [1.165, 1.54) is 22.3 Å². The molecule has 2 aromatic carbocycles. The van der Waals surface area contributed by atoms with Crippen LogP contribution in [0.1, 0.15) is 41.1 Å². The van der Waals surface area contributed by atoms with E-state index in [9.17, 15) is 0 Å². The van der Waals surface area contributed by atoms with Crippen molar-refractivity contribution in [2.24, 2.45) is 0 Å². The van der Waals surface area contributed by atoms with Crippen molar-refractivity contribution in [3.05, 3.63) is 70.8 Å². The number of benzene rings is 2. The Hall–Kier alpha value is -1.64. The highest BCUT2D eigenvalue weighted by atomic mass is 16.2. The van der Waals surface area contributed by atoms with Crippen LogP contribution in [-0.2, 0) is 6.54 Å². The van der Waals surface area contributed by atoms with Crippen LogP contribution in [0.4, 0.5) is 0 Å². The molecule has 0 heterocycles. The smallest absolute Gasteiger partial charge is 0.0431 e. The van der Waals surface area contributed by atoms with Crippen LogP contribution in [0.5, 0.6) is 0 Å². The molecule has 0 radical (unpaired) electrons. The maximum Gasteiger partial charge on any atom is 0.0431 e. The molecule has 2 N–H and O–H groups in total. The van der Waals surface area contributed by atoms with E-state index in [1.54, 1.807) is 0 Å². The molecule has 2 rings (SSSR count). The molecule has 0 aliphatic rings. The number of aliphatic hydroxyl groups is 1. The second-order valence-corrected chi connectivity index (χ2v) is 5.63. The van der Waals surface area contributed by atoms with Gasteiger partial charge in [-0.25, -0.2) is 0 Å². The number of hydrogen-bond acceptors (Lipinski definition) is 2. The van der Waals surface area contributed by atoms with Crippen LogP contribution in [0.15, 0.2) is 48.5 Å². The summed E-state index contributed by atoms with van der Waals surface area (Å²) in [7, 11) is 0. The fraction of sp³-hybridized carbons (Fsp3) is 0.368. The zero-order chi connectivity index (χ0) is 15.1. The van der Waals surface area contributed by atoms with E-state index in [4.69, 9.17) is 5.11 Å². The summed E-state index contributed by atoms with van der Waals surface area (Å²) in [6.07, 6.45) is 1.77. The van der Waals surface area contributed by atoms with Gasteiger partial charge in [-0.3, -0.25) is 0 Å². The SMILES string of the molecule is Cc1ccc(CNC(CCCO)c2ccccc2)cc1C. The van der Waals surface area contributed by atoms with Gasteiger partial charge in [0.2, 0.25) is 0 Å². The molecule has 112 valence electrons. The summed E-state index contributed by atoms with van der Waals surface area (Å²) in [5.74, 6) is 0. The minimum atomic E-state index is 0.245. The predicted octanol–water partition coefficient (Wildman–Crippen LogP) is 3.91. The Bertz CT molecular complexity index is 551. The third-order valence-electron chi connectivity index (χ3n) is 3.98. The number of nitrogens with one attached hydrogen (secondary N) is 1. The van der Waals surface area contributed by atoms with E-state index in [2.05, 4.69) is 61.6 Å². The van der Waals surface area contributed by atoms with Gasteiger partial charge < -0.3 is 10.4 Å². The van der Waals surface area contributed by atoms with Crippen LogP contribution in [0.2, 0.25) is 0 Å². The normalized spacial score (nSPS) is 12.3. The molecule has 0 bridgehead atoms. The molecule has 0 amide bonds. The van der Waals surface area contributed by atoms with E-state index >= 15 is 0 Å². The maximum absolute atomic E-state index is 9.09. The molecule has 2 aromatic rings. The minimum absolute atomic E-state index is 0.245. The molecule has 0 saturated carbocycles. The zero-order valence-electron chi connectivity index (χ0n) is 13.0. The average molecular weight is 283 g/mol. The summed E-state index contributed by atoms with van der Waals surface area (Å²) in [4.78, 5) is 0. The van der Waals surface area contributed by atoms with Gasteiger partial charge in [0, 0.05) is 19.2 Å². The first-order valence-corrected chi connectivity index (χ1v) is 7.66. The second-order valence-electron chi connectivity index (χ2n) is 5.63. The van der Waals surface area contributed by atoms with Crippen LogP contribution in [0.3, 0.4) is 0 Å². The van der Waals surface area contributed by atoms with E-state index < -0.39 is 0 Å². The molecule has 2 nitrogen and oxygen atoms in total. The van der Waals surface area contributed by atoms with Gasteiger partial charge >= 0.3 is 0 Å². The van der Waals surface area contributed by atoms with E-state index in [1.807, 2.05) is 6.07 Å². The van der Waals surface area contributed by atoms with E-state index in [0.29, 0.717) is 6.04 Å². The fourth-order valence-electron chi connectivity index (χ4n) is 2.52. The predicted molar refractivity (Wildman–Crippen MR) is 88.3 cm³/mol. The molecule has 2 heteroatoms. The van der Waals surface area contributed by atoms with Crippen LogP contribution >= 0.6 is 0 Å². The van der Waals surface area contributed by atoms with Gasteiger partial charge in [0.1, 0.15) is 0 Å². The topological polar surface area (TPSA) is 32.3 Å². The number of rotatable bonds is 7. The summed E-state index contributed by atoms with van der Waals surface area (Å²) in [5, 5.41) is 12.7. The number of aryl methyl sites for hydroxylation is 2. The Morgan fingerprint density at radius 1 is 1.00 bits per heavy atom. The monoisotopic (exact) mass is 283 g/mol. The van der Waals surface area contributed by atoms with Crippen LogP contribution in [0.25, 0.3) is 0 Å². The van der Waals surface area contributed by atoms with Crippen molar-refractivity contribution < 1.29 is 5.11 Å².